The van der Waals surface area contributed by atoms with E-state index in [1.54, 1.807) is 13.2 Å². The van der Waals surface area contributed by atoms with Crippen LogP contribution in [0, 0.1) is 0 Å². The third-order valence-corrected chi connectivity index (χ3v) is 4.88. The summed E-state index contributed by atoms with van der Waals surface area (Å²) in [5.41, 5.74) is 0.581. The van der Waals surface area contributed by atoms with Gasteiger partial charge in [0.2, 0.25) is 0 Å². The van der Waals surface area contributed by atoms with Crippen LogP contribution in [0.2, 0.25) is 0 Å². The van der Waals surface area contributed by atoms with E-state index in [2.05, 4.69) is 21.2 Å². The average molecular weight is 361 g/mol. The summed E-state index contributed by atoms with van der Waals surface area (Å²) in [4.78, 5) is 12.4. The predicted molar refractivity (Wildman–Crippen MR) is 84.7 cm³/mol. The Bertz CT molecular complexity index is 481. The third kappa shape index (κ3) is 3.89. The summed E-state index contributed by atoms with van der Waals surface area (Å²) in [5.74, 6) is 0.565. The molecule has 2 rings (SSSR count). The maximum absolute atomic E-state index is 12.4. The summed E-state index contributed by atoms with van der Waals surface area (Å²) < 4.78 is 5.92. The molecule has 1 aromatic carbocycles. The first-order valence-corrected chi connectivity index (χ1v) is 8.13. The molecule has 1 saturated carbocycles. The fourth-order valence-electron chi connectivity index (χ4n) is 2.48. The molecule has 1 aliphatic carbocycles. The molecule has 1 N–H and O–H groups in total. The quantitative estimate of drug-likeness (QED) is 0.650. The second-order valence-corrected chi connectivity index (χ2v) is 6.49. The molecule has 0 saturated heterocycles. The Morgan fingerprint density at radius 2 is 2.10 bits per heavy atom. The van der Waals surface area contributed by atoms with Crippen LogP contribution >= 0.6 is 27.5 Å². The molecule has 0 radical (unpaired) electrons. The average Bonchev–Trinajstić information content (AvgIpc) is 2.64. The lowest BCUT2D eigenvalue weighted by molar-refractivity contribution is 0.0933. The van der Waals surface area contributed by atoms with Gasteiger partial charge < -0.3 is 10.1 Å². The number of carbonyl (C=O) groups is 1. The van der Waals surface area contributed by atoms with E-state index >= 15 is 0 Å². The van der Waals surface area contributed by atoms with Crippen molar-refractivity contribution in [2.45, 2.75) is 43.5 Å². The first-order chi connectivity index (χ1) is 9.61. The molecular weight excluding hydrogens is 342 g/mol. The van der Waals surface area contributed by atoms with Crippen molar-refractivity contribution in [1.82, 2.24) is 5.32 Å². The van der Waals surface area contributed by atoms with Crippen molar-refractivity contribution >= 4 is 33.4 Å². The van der Waals surface area contributed by atoms with E-state index in [0.29, 0.717) is 11.3 Å². The van der Waals surface area contributed by atoms with Crippen LogP contribution in [-0.4, -0.2) is 24.4 Å². The highest BCUT2D eigenvalue weighted by molar-refractivity contribution is 9.10. The predicted octanol–water partition coefficient (Wildman–Crippen LogP) is 4.13. The van der Waals surface area contributed by atoms with E-state index in [9.17, 15) is 4.79 Å². The van der Waals surface area contributed by atoms with Crippen LogP contribution in [-0.2, 0) is 0 Å². The Morgan fingerprint density at radius 3 is 2.85 bits per heavy atom. The lowest BCUT2D eigenvalue weighted by atomic mass is 10.1. The van der Waals surface area contributed by atoms with Gasteiger partial charge in [0.15, 0.2) is 0 Å². The molecule has 3 nitrogen and oxygen atoms in total. The number of carbonyl (C=O) groups excluding carboxylic acids is 1. The number of methoxy groups -OCH3 is 1. The minimum atomic E-state index is -0.103. The molecule has 1 aromatic rings. The number of nitrogens with one attached hydrogen (secondary N) is 1. The number of hydrogen-bond donors (Lipinski definition) is 1. The number of rotatable bonds is 3. The van der Waals surface area contributed by atoms with Crippen molar-refractivity contribution < 1.29 is 9.53 Å². The van der Waals surface area contributed by atoms with E-state index in [1.165, 1.54) is 6.42 Å². The molecule has 1 aliphatic rings. The van der Waals surface area contributed by atoms with Gasteiger partial charge in [0.05, 0.1) is 18.1 Å². The van der Waals surface area contributed by atoms with Crippen LogP contribution in [0.4, 0.5) is 0 Å². The topological polar surface area (TPSA) is 38.3 Å². The van der Waals surface area contributed by atoms with Crippen LogP contribution in [0.1, 0.15) is 42.5 Å². The molecule has 0 aromatic heterocycles. The van der Waals surface area contributed by atoms with Gasteiger partial charge in [-0.05, 0) is 47.0 Å². The number of amides is 1. The summed E-state index contributed by atoms with van der Waals surface area (Å²) in [6.07, 6.45) is 5.36. The van der Waals surface area contributed by atoms with Gasteiger partial charge in [0.1, 0.15) is 5.75 Å². The van der Waals surface area contributed by atoms with Gasteiger partial charge >= 0.3 is 0 Å². The molecule has 2 unspecified atom stereocenters. The van der Waals surface area contributed by atoms with Crippen LogP contribution in [0.15, 0.2) is 22.7 Å². The lowest BCUT2D eigenvalue weighted by Gasteiger charge is -2.21. The Hall–Kier alpha value is -0.740. The van der Waals surface area contributed by atoms with E-state index in [1.807, 2.05) is 12.1 Å². The summed E-state index contributed by atoms with van der Waals surface area (Å²) in [5, 5.41) is 3.08. The van der Waals surface area contributed by atoms with E-state index in [-0.39, 0.29) is 17.3 Å². The fraction of sp³-hybridized carbons (Fsp3) is 0.533. The van der Waals surface area contributed by atoms with Crippen LogP contribution in [0.5, 0.6) is 5.75 Å². The van der Waals surface area contributed by atoms with E-state index in [4.69, 9.17) is 16.3 Å². The number of hydrogen-bond acceptors (Lipinski definition) is 2. The highest BCUT2D eigenvalue weighted by Crippen LogP contribution is 2.25. The van der Waals surface area contributed by atoms with Crippen molar-refractivity contribution in [3.8, 4) is 5.75 Å². The SMILES string of the molecule is COc1ccc(Br)c(C(=O)NC2CCCCCC2Cl)c1. The first kappa shape index (κ1) is 15.6. The molecule has 1 amide bonds. The molecular formula is C15H19BrClNO2. The summed E-state index contributed by atoms with van der Waals surface area (Å²) in [7, 11) is 1.59. The van der Waals surface area contributed by atoms with Crippen molar-refractivity contribution in [3.63, 3.8) is 0 Å². The van der Waals surface area contributed by atoms with E-state index < -0.39 is 0 Å². The molecule has 1 fully saturated rings. The van der Waals surface area contributed by atoms with Gasteiger partial charge in [-0.2, -0.15) is 0 Å². The zero-order chi connectivity index (χ0) is 14.5. The zero-order valence-corrected chi connectivity index (χ0v) is 13.8. The van der Waals surface area contributed by atoms with Gasteiger partial charge in [-0.25, -0.2) is 0 Å². The normalized spacial score (nSPS) is 22.9. The maximum Gasteiger partial charge on any atom is 0.252 e. The van der Waals surface area contributed by atoms with Gasteiger partial charge in [0, 0.05) is 10.5 Å². The van der Waals surface area contributed by atoms with Crippen LogP contribution in [0.3, 0.4) is 0 Å². The Kier molecular flexibility index (Phi) is 5.73. The molecule has 110 valence electrons. The number of benzene rings is 1. The molecule has 0 aliphatic heterocycles. The Balaban J connectivity index is 2.10. The molecule has 20 heavy (non-hydrogen) atoms. The standard InChI is InChI=1S/C15H19BrClNO2/c1-20-10-7-8-12(16)11(9-10)15(19)18-14-6-4-2-3-5-13(14)17/h7-9,13-14H,2-6H2,1H3,(H,18,19). The van der Waals surface area contributed by atoms with Gasteiger partial charge in [-0.3, -0.25) is 4.79 Å². The molecule has 0 heterocycles. The monoisotopic (exact) mass is 359 g/mol. The van der Waals surface area contributed by atoms with E-state index in [0.717, 1.165) is 30.2 Å². The first-order valence-electron chi connectivity index (χ1n) is 6.90. The summed E-state index contributed by atoms with van der Waals surface area (Å²) in [6, 6.07) is 5.42. The lowest BCUT2D eigenvalue weighted by Crippen LogP contribution is -2.40. The maximum atomic E-state index is 12.4. The molecule has 5 heteroatoms. The Labute approximate surface area is 133 Å². The zero-order valence-electron chi connectivity index (χ0n) is 11.5. The van der Waals surface area contributed by atoms with Crippen molar-refractivity contribution in [2.75, 3.05) is 7.11 Å². The summed E-state index contributed by atoms with van der Waals surface area (Å²) in [6.45, 7) is 0. The number of alkyl halides is 1. The second kappa shape index (κ2) is 7.32. The van der Waals surface area contributed by atoms with Crippen molar-refractivity contribution in [1.29, 1.82) is 0 Å². The number of halogens is 2. The minimum Gasteiger partial charge on any atom is -0.497 e. The molecule has 0 bridgehead atoms. The number of ether oxygens (including phenoxy) is 1. The van der Waals surface area contributed by atoms with Gasteiger partial charge in [-0.1, -0.05) is 19.3 Å². The van der Waals surface area contributed by atoms with Crippen molar-refractivity contribution in [3.05, 3.63) is 28.2 Å². The van der Waals surface area contributed by atoms with Crippen molar-refractivity contribution in [2.24, 2.45) is 0 Å². The largest absolute Gasteiger partial charge is 0.497 e. The van der Waals surface area contributed by atoms with Crippen LogP contribution < -0.4 is 10.1 Å². The smallest absolute Gasteiger partial charge is 0.252 e. The van der Waals surface area contributed by atoms with Gasteiger partial charge in [-0.15, -0.1) is 11.6 Å². The highest BCUT2D eigenvalue weighted by atomic mass is 79.9. The molecule has 2 atom stereocenters. The fourth-order valence-corrected chi connectivity index (χ4v) is 3.25. The summed E-state index contributed by atoms with van der Waals surface area (Å²) >= 11 is 9.77. The Morgan fingerprint density at radius 1 is 1.35 bits per heavy atom. The minimum absolute atomic E-state index is 0.0193. The van der Waals surface area contributed by atoms with Gasteiger partial charge in [0.25, 0.3) is 5.91 Å². The second-order valence-electron chi connectivity index (χ2n) is 5.08. The molecule has 0 spiro atoms. The van der Waals surface area contributed by atoms with Crippen LogP contribution in [0.25, 0.3) is 0 Å². The highest BCUT2D eigenvalue weighted by Gasteiger charge is 2.24. The third-order valence-electron chi connectivity index (χ3n) is 3.67.